The van der Waals surface area contributed by atoms with E-state index in [0.717, 1.165) is 5.57 Å². The molecule has 10 heteroatoms. The van der Waals surface area contributed by atoms with Gasteiger partial charge in [0.2, 0.25) is 0 Å². The van der Waals surface area contributed by atoms with Gasteiger partial charge < -0.3 is 41.1 Å². The minimum absolute atomic E-state index is 0.0915. The lowest BCUT2D eigenvalue weighted by Gasteiger charge is -2.33. The van der Waals surface area contributed by atoms with Crippen LogP contribution >= 0.6 is 0 Å². The van der Waals surface area contributed by atoms with E-state index in [-0.39, 0.29) is 30.1 Å². The molecule has 0 spiro atoms. The third-order valence-electron chi connectivity index (χ3n) is 8.40. The predicted molar refractivity (Wildman–Crippen MR) is 168 cm³/mol. The average Bonchev–Trinajstić information content (AvgIpc) is 2.94. The van der Waals surface area contributed by atoms with Crippen LogP contribution in [0, 0.1) is 41.4 Å². The van der Waals surface area contributed by atoms with Gasteiger partial charge in [-0.25, -0.2) is 4.79 Å². The number of carbonyl (C=O) groups excluding carboxylic acids is 1. The number of hydrogen-bond donors (Lipinski definition) is 7. The van der Waals surface area contributed by atoms with Crippen molar-refractivity contribution in [1.82, 2.24) is 0 Å². The van der Waals surface area contributed by atoms with Gasteiger partial charge in [-0.2, -0.15) is 0 Å². The maximum Gasteiger partial charge on any atom is 0.404 e. The third kappa shape index (κ3) is 14.2. The van der Waals surface area contributed by atoms with Crippen LogP contribution in [-0.4, -0.2) is 79.3 Å². The number of allylic oxidation sites excluding steroid dienone is 3. The van der Waals surface area contributed by atoms with Crippen molar-refractivity contribution < 1.29 is 45.0 Å². The summed E-state index contributed by atoms with van der Waals surface area (Å²) in [6, 6.07) is 0. The van der Waals surface area contributed by atoms with E-state index < -0.39 is 66.4 Å². The minimum Gasteiger partial charge on any atom is -0.481 e. The van der Waals surface area contributed by atoms with Gasteiger partial charge >= 0.3 is 12.1 Å². The summed E-state index contributed by atoms with van der Waals surface area (Å²) in [5, 5.41) is 61.9. The number of carboxylic acids is 1. The number of rotatable bonds is 20. The summed E-state index contributed by atoms with van der Waals surface area (Å²) in [6.07, 6.45) is 4.24. The maximum atomic E-state index is 11.5. The summed E-state index contributed by atoms with van der Waals surface area (Å²) in [5.41, 5.74) is 6.26. The highest BCUT2D eigenvalue weighted by atomic mass is 16.6. The second-order valence-electron chi connectivity index (χ2n) is 12.4. The fourth-order valence-electron chi connectivity index (χ4n) is 5.41. The first-order valence-corrected chi connectivity index (χ1v) is 15.1. The molecule has 248 valence electrons. The zero-order chi connectivity index (χ0) is 33.6. The number of hydrogen-bond acceptors (Lipinski definition) is 8. The number of carbonyl (C=O) groups is 2. The summed E-state index contributed by atoms with van der Waals surface area (Å²) in [5.74, 6) is -4.32. The summed E-state index contributed by atoms with van der Waals surface area (Å²) in [4.78, 5) is 22.6. The van der Waals surface area contributed by atoms with E-state index in [1.807, 2.05) is 46.8 Å². The molecule has 0 aliphatic carbocycles. The van der Waals surface area contributed by atoms with Crippen molar-refractivity contribution >= 4 is 12.1 Å². The number of carboxylic acid groups (broad SMARTS) is 1. The number of aliphatic hydroxyl groups excluding tert-OH is 5. The highest BCUT2D eigenvalue weighted by Crippen LogP contribution is 2.29. The molecule has 0 aliphatic heterocycles. The van der Waals surface area contributed by atoms with Crippen molar-refractivity contribution in [2.75, 3.05) is 0 Å². The summed E-state index contributed by atoms with van der Waals surface area (Å²) < 4.78 is 5.35. The van der Waals surface area contributed by atoms with E-state index in [1.165, 1.54) is 19.9 Å². The van der Waals surface area contributed by atoms with Gasteiger partial charge in [0, 0.05) is 36.0 Å². The van der Waals surface area contributed by atoms with E-state index in [1.54, 1.807) is 25.2 Å². The number of nitrogens with two attached hydrogens (primary N) is 1. The van der Waals surface area contributed by atoms with Gasteiger partial charge in [-0.15, -0.1) is 0 Å². The fourth-order valence-corrected chi connectivity index (χ4v) is 5.41. The molecule has 0 aliphatic rings. The second-order valence-corrected chi connectivity index (χ2v) is 12.4. The Morgan fingerprint density at radius 3 is 1.91 bits per heavy atom. The first kappa shape index (κ1) is 40.5. The van der Waals surface area contributed by atoms with E-state index in [2.05, 4.69) is 6.58 Å². The molecule has 0 heterocycles. The normalized spacial score (nSPS) is 21.9. The summed E-state index contributed by atoms with van der Waals surface area (Å²) in [7, 11) is 0. The number of ether oxygens (including phenoxy) is 1. The Hall–Kier alpha value is -2.50. The fraction of sp³-hybridized carbons (Fsp3) is 0.697. The van der Waals surface area contributed by atoms with Gasteiger partial charge in [0.1, 0.15) is 6.10 Å². The minimum atomic E-state index is -1.26. The van der Waals surface area contributed by atoms with Crippen molar-refractivity contribution in [3.05, 3.63) is 48.6 Å². The maximum absolute atomic E-state index is 11.5. The van der Waals surface area contributed by atoms with Crippen molar-refractivity contribution in [1.29, 1.82) is 0 Å². The lowest BCUT2D eigenvalue weighted by Crippen LogP contribution is -2.41. The van der Waals surface area contributed by atoms with Gasteiger partial charge in [-0.3, -0.25) is 4.79 Å². The molecule has 13 atom stereocenters. The van der Waals surface area contributed by atoms with Gasteiger partial charge in [0.15, 0.2) is 0 Å². The molecule has 8 N–H and O–H groups in total. The largest absolute Gasteiger partial charge is 0.481 e. The molecule has 10 nitrogen and oxygen atoms in total. The molecule has 0 aromatic carbocycles. The SMILES string of the molecule is C=C/C=C\[C@H](C)[C@H](OC(N)=O)[C@@H](C)[C@H](O)[C@@H](C)C/C(C)=C\[C@H](C)[C@@H](O)[C@@H](C)/C=C\[C@@H](O)CC(O)[C@H](C)[C@H](O)[C@@H](C)C(=O)O. The van der Waals surface area contributed by atoms with Crippen LogP contribution in [-0.2, 0) is 9.53 Å². The van der Waals surface area contributed by atoms with E-state index in [0.29, 0.717) is 6.42 Å². The molecule has 0 fully saturated rings. The quantitative estimate of drug-likeness (QED) is 0.0792. The van der Waals surface area contributed by atoms with Crippen molar-refractivity contribution in [3.63, 3.8) is 0 Å². The van der Waals surface area contributed by atoms with Crippen LogP contribution in [0.1, 0.15) is 68.2 Å². The standard InChI is InChI=1S/C33H57NO9/c1-10-11-12-20(4)31(43-33(34)42)24(8)29(38)22(6)16-18(2)15-21(5)28(37)19(3)13-14-26(35)17-27(36)23(7)30(39)25(9)32(40)41/h10-15,19-31,35-39H,1,16-17H2,2-9H3,(H2,34,42)(H,40,41)/b12-11-,14-13-,18-15-/t19-,20-,21-,22-,23-,24-,25+,26+,27?,28-,29+,30-,31-/m0/s1. The molecule has 0 aromatic heterocycles. The lowest BCUT2D eigenvalue weighted by molar-refractivity contribution is -0.147. The number of aliphatic hydroxyl groups is 5. The van der Waals surface area contributed by atoms with Crippen LogP contribution in [0.5, 0.6) is 0 Å². The first-order valence-electron chi connectivity index (χ1n) is 15.1. The van der Waals surface area contributed by atoms with Gasteiger partial charge in [-0.1, -0.05) is 90.2 Å². The smallest absolute Gasteiger partial charge is 0.404 e. The highest BCUT2D eigenvalue weighted by Gasteiger charge is 2.34. The highest BCUT2D eigenvalue weighted by molar-refractivity contribution is 5.70. The summed E-state index contributed by atoms with van der Waals surface area (Å²) in [6.45, 7) is 17.8. The first-order chi connectivity index (χ1) is 19.8. The van der Waals surface area contributed by atoms with E-state index in [9.17, 15) is 35.1 Å². The number of primary amides is 1. The molecule has 1 amide bonds. The molecule has 1 unspecified atom stereocenters. The molecule has 0 aromatic rings. The molecular formula is C33H57NO9. The zero-order valence-corrected chi connectivity index (χ0v) is 27.1. The Balaban J connectivity index is 5.21. The Morgan fingerprint density at radius 1 is 0.814 bits per heavy atom. The van der Waals surface area contributed by atoms with Crippen molar-refractivity contribution in [2.24, 2.45) is 47.2 Å². The molecule has 0 radical (unpaired) electrons. The molecular weight excluding hydrogens is 554 g/mol. The molecule has 0 bridgehead atoms. The molecule has 0 saturated carbocycles. The van der Waals surface area contributed by atoms with Crippen LogP contribution < -0.4 is 5.73 Å². The molecule has 0 rings (SSSR count). The predicted octanol–water partition coefficient (Wildman–Crippen LogP) is 3.82. The Labute approximate surface area is 257 Å². The van der Waals surface area contributed by atoms with Crippen LogP contribution in [0.15, 0.2) is 48.6 Å². The van der Waals surface area contributed by atoms with Crippen molar-refractivity contribution in [3.8, 4) is 0 Å². The number of amides is 1. The lowest BCUT2D eigenvalue weighted by atomic mass is 9.81. The Morgan fingerprint density at radius 2 is 1.40 bits per heavy atom. The monoisotopic (exact) mass is 611 g/mol. The molecule has 43 heavy (non-hydrogen) atoms. The third-order valence-corrected chi connectivity index (χ3v) is 8.40. The van der Waals surface area contributed by atoms with Gasteiger partial charge in [0.25, 0.3) is 0 Å². The van der Waals surface area contributed by atoms with Gasteiger partial charge in [0.05, 0.1) is 36.4 Å². The second kappa shape index (κ2) is 19.7. The van der Waals surface area contributed by atoms with E-state index in [4.69, 9.17) is 15.6 Å². The van der Waals surface area contributed by atoms with Crippen LogP contribution in [0.4, 0.5) is 4.79 Å². The summed E-state index contributed by atoms with van der Waals surface area (Å²) >= 11 is 0. The average molecular weight is 612 g/mol. The van der Waals surface area contributed by atoms with Gasteiger partial charge in [-0.05, 0) is 26.2 Å². The zero-order valence-electron chi connectivity index (χ0n) is 27.1. The number of aliphatic carboxylic acids is 1. The Bertz CT molecular complexity index is 949. The van der Waals surface area contributed by atoms with E-state index >= 15 is 0 Å². The Kier molecular flexibility index (Phi) is 18.6. The van der Waals surface area contributed by atoms with Crippen LogP contribution in [0.2, 0.25) is 0 Å². The molecule has 0 saturated heterocycles. The van der Waals surface area contributed by atoms with Crippen molar-refractivity contribution in [2.45, 2.75) is 105 Å². The topological polar surface area (TPSA) is 191 Å². The van der Waals surface area contributed by atoms with Crippen LogP contribution in [0.25, 0.3) is 0 Å². The van der Waals surface area contributed by atoms with Crippen LogP contribution in [0.3, 0.4) is 0 Å².